The number of thiophene rings is 1. The van der Waals surface area contributed by atoms with E-state index in [1.807, 2.05) is 0 Å². The highest BCUT2D eigenvalue weighted by atomic mass is 32.1. The molecule has 0 atom stereocenters. The molecule has 2 rings (SSSR count). The lowest BCUT2D eigenvalue weighted by atomic mass is 10.2. The molecule has 2 heterocycles. The molecule has 2 aromatic rings. The minimum atomic E-state index is 0.596. The van der Waals surface area contributed by atoms with E-state index < -0.39 is 0 Å². The second kappa shape index (κ2) is 3.64. The Balaban J connectivity index is 2.36. The molecule has 0 bridgehead atoms. The maximum absolute atomic E-state index is 5.52. The standard InChI is InChI=1S/C9H9N3S/c10-2-9-1-7(5-13-9)8-3-11-6-12-4-8/h1,3-6H,2,10H2. The fourth-order valence-corrected chi connectivity index (χ4v) is 1.86. The van der Waals surface area contributed by atoms with Gasteiger partial charge in [-0.15, -0.1) is 11.3 Å². The largest absolute Gasteiger partial charge is 0.326 e. The summed E-state index contributed by atoms with van der Waals surface area (Å²) in [5.74, 6) is 0. The summed E-state index contributed by atoms with van der Waals surface area (Å²) in [5.41, 5.74) is 7.71. The van der Waals surface area contributed by atoms with Crippen LogP contribution in [0.4, 0.5) is 0 Å². The van der Waals surface area contributed by atoms with E-state index in [1.54, 1.807) is 23.7 Å². The van der Waals surface area contributed by atoms with Crippen LogP contribution < -0.4 is 5.73 Å². The number of nitrogens with two attached hydrogens (primary N) is 1. The van der Waals surface area contributed by atoms with Crippen molar-refractivity contribution < 1.29 is 0 Å². The minimum Gasteiger partial charge on any atom is -0.326 e. The third-order valence-electron chi connectivity index (χ3n) is 1.75. The summed E-state index contributed by atoms with van der Waals surface area (Å²) in [6, 6.07) is 2.07. The van der Waals surface area contributed by atoms with E-state index in [4.69, 9.17) is 5.73 Å². The van der Waals surface area contributed by atoms with Crippen molar-refractivity contribution in [2.24, 2.45) is 5.73 Å². The molecule has 0 radical (unpaired) electrons. The van der Waals surface area contributed by atoms with Crippen LogP contribution in [0.3, 0.4) is 0 Å². The van der Waals surface area contributed by atoms with Gasteiger partial charge < -0.3 is 5.73 Å². The molecule has 0 aliphatic heterocycles. The maximum atomic E-state index is 5.52. The van der Waals surface area contributed by atoms with Crippen molar-refractivity contribution >= 4 is 11.3 Å². The van der Waals surface area contributed by atoms with Gasteiger partial charge in [-0.3, -0.25) is 0 Å². The first kappa shape index (κ1) is 8.34. The monoisotopic (exact) mass is 191 g/mol. The Labute approximate surface area is 80.3 Å². The van der Waals surface area contributed by atoms with Gasteiger partial charge in [-0.25, -0.2) is 9.97 Å². The second-order valence-electron chi connectivity index (χ2n) is 2.63. The molecule has 0 amide bonds. The van der Waals surface area contributed by atoms with Crippen molar-refractivity contribution in [1.29, 1.82) is 0 Å². The summed E-state index contributed by atoms with van der Waals surface area (Å²) in [5, 5.41) is 2.07. The van der Waals surface area contributed by atoms with Crippen LogP contribution in [0.25, 0.3) is 11.1 Å². The number of rotatable bonds is 2. The van der Waals surface area contributed by atoms with E-state index in [0.717, 1.165) is 11.1 Å². The molecule has 3 nitrogen and oxygen atoms in total. The van der Waals surface area contributed by atoms with E-state index in [9.17, 15) is 0 Å². The highest BCUT2D eigenvalue weighted by molar-refractivity contribution is 7.10. The smallest absolute Gasteiger partial charge is 0.115 e. The molecule has 13 heavy (non-hydrogen) atoms. The molecular weight excluding hydrogens is 182 g/mol. The first-order valence-corrected chi connectivity index (χ1v) is 4.81. The van der Waals surface area contributed by atoms with Crippen LogP contribution >= 0.6 is 11.3 Å². The molecule has 66 valence electrons. The Kier molecular flexibility index (Phi) is 2.33. The van der Waals surface area contributed by atoms with Gasteiger partial charge in [-0.1, -0.05) is 0 Å². The Morgan fingerprint density at radius 3 is 2.62 bits per heavy atom. The average molecular weight is 191 g/mol. The molecule has 0 aliphatic carbocycles. The quantitative estimate of drug-likeness (QED) is 0.785. The van der Waals surface area contributed by atoms with E-state index in [-0.39, 0.29) is 0 Å². The third-order valence-corrected chi connectivity index (χ3v) is 2.71. The van der Waals surface area contributed by atoms with E-state index >= 15 is 0 Å². The summed E-state index contributed by atoms with van der Waals surface area (Å²) < 4.78 is 0. The van der Waals surface area contributed by atoms with Gasteiger partial charge in [0.15, 0.2) is 0 Å². The normalized spacial score (nSPS) is 10.2. The Hall–Kier alpha value is -1.26. The van der Waals surface area contributed by atoms with Gasteiger partial charge in [-0.2, -0.15) is 0 Å². The highest BCUT2D eigenvalue weighted by Crippen LogP contribution is 2.23. The number of aromatic nitrogens is 2. The number of hydrogen-bond acceptors (Lipinski definition) is 4. The van der Waals surface area contributed by atoms with Gasteiger partial charge in [0.25, 0.3) is 0 Å². The lowest BCUT2D eigenvalue weighted by molar-refractivity contribution is 1.11. The third kappa shape index (κ3) is 1.74. The lowest BCUT2D eigenvalue weighted by Crippen LogP contribution is -1.91. The summed E-state index contributed by atoms with van der Waals surface area (Å²) in [7, 11) is 0. The topological polar surface area (TPSA) is 51.8 Å². The SMILES string of the molecule is NCc1cc(-c2cncnc2)cs1. The number of hydrogen-bond donors (Lipinski definition) is 1. The molecule has 0 saturated carbocycles. The van der Waals surface area contributed by atoms with Gasteiger partial charge in [0, 0.05) is 29.4 Å². The fraction of sp³-hybridized carbons (Fsp3) is 0.111. The summed E-state index contributed by atoms with van der Waals surface area (Å²) >= 11 is 1.66. The van der Waals surface area contributed by atoms with Gasteiger partial charge in [0.1, 0.15) is 6.33 Å². The Bertz CT molecular complexity index is 383. The van der Waals surface area contributed by atoms with Crippen molar-refractivity contribution in [3.05, 3.63) is 35.0 Å². The van der Waals surface area contributed by atoms with Crippen LogP contribution in [0.2, 0.25) is 0 Å². The molecular formula is C9H9N3S. The fourth-order valence-electron chi connectivity index (χ4n) is 1.09. The lowest BCUT2D eigenvalue weighted by Gasteiger charge is -1.92. The Morgan fingerprint density at radius 1 is 1.23 bits per heavy atom. The van der Waals surface area contributed by atoms with E-state index in [0.29, 0.717) is 6.54 Å². The first-order valence-electron chi connectivity index (χ1n) is 3.93. The van der Waals surface area contributed by atoms with Crippen molar-refractivity contribution in [2.45, 2.75) is 6.54 Å². The van der Waals surface area contributed by atoms with Crippen LogP contribution in [0.1, 0.15) is 4.88 Å². The van der Waals surface area contributed by atoms with Gasteiger partial charge in [0.2, 0.25) is 0 Å². The zero-order valence-electron chi connectivity index (χ0n) is 6.97. The average Bonchev–Trinajstić information content (AvgIpc) is 2.67. The molecule has 0 aliphatic rings. The van der Waals surface area contributed by atoms with Crippen molar-refractivity contribution in [3.8, 4) is 11.1 Å². The molecule has 4 heteroatoms. The molecule has 2 aromatic heterocycles. The molecule has 0 saturated heterocycles. The summed E-state index contributed by atoms with van der Waals surface area (Å²) in [4.78, 5) is 9.10. The molecule has 2 N–H and O–H groups in total. The first-order chi connectivity index (χ1) is 6.40. The zero-order chi connectivity index (χ0) is 9.10. The van der Waals surface area contributed by atoms with E-state index in [2.05, 4.69) is 21.4 Å². The minimum absolute atomic E-state index is 0.596. The van der Waals surface area contributed by atoms with E-state index in [1.165, 1.54) is 11.2 Å². The second-order valence-corrected chi connectivity index (χ2v) is 3.63. The van der Waals surface area contributed by atoms with Gasteiger partial charge in [-0.05, 0) is 17.0 Å². The van der Waals surface area contributed by atoms with Crippen LogP contribution in [-0.4, -0.2) is 9.97 Å². The predicted octanol–water partition coefficient (Wildman–Crippen LogP) is 1.66. The van der Waals surface area contributed by atoms with Crippen molar-refractivity contribution in [2.75, 3.05) is 0 Å². The molecule has 0 fully saturated rings. The molecule has 0 spiro atoms. The van der Waals surface area contributed by atoms with Crippen molar-refractivity contribution in [3.63, 3.8) is 0 Å². The predicted molar refractivity (Wildman–Crippen MR) is 53.2 cm³/mol. The van der Waals surface area contributed by atoms with Crippen molar-refractivity contribution in [1.82, 2.24) is 9.97 Å². The molecule has 0 unspecified atom stereocenters. The zero-order valence-corrected chi connectivity index (χ0v) is 7.79. The highest BCUT2D eigenvalue weighted by Gasteiger charge is 2.00. The summed E-state index contributed by atoms with van der Waals surface area (Å²) in [6.07, 6.45) is 5.13. The van der Waals surface area contributed by atoms with Crippen LogP contribution in [0.15, 0.2) is 30.2 Å². The van der Waals surface area contributed by atoms with Crippen LogP contribution in [0.5, 0.6) is 0 Å². The number of nitrogens with zero attached hydrogens (tertiary/aromatic N) is 2. The Morgan fingerprint density at radius 2 is 2.00 bits per heavy atom. The van der Waals surface area contributed by atoms with Crippen LogP contribution in [-0.2, 0) is 6.54 Å². The van der Waals surface area contributed by atoms with Crippen LogP contribution in [0, 0.1) is 0 Å². The molecule has 0 aromatic carbocycles. The maximum Gasteiger partial charge on any atom is 0.115 e. The summed E-state index contributed by atoms with van der Waals surface area (Å²) in [6.45, 7) is 0.596. The van der Waals surface area contributed by atoms with Gasteiger partial charge in [0.05, 0.1) is 0 Å². The van der Waals surface area contributed by atoms with Gasteiger partial charge >= 0.3 is 0 Å².